The molecular formula is C73H107N4O12S3+3. The molecule has 0 radical (unpaired) electrons. The number of hydrogen-bond acceptors (Lipinski definition) is 10. The quantitative estimate of drug-likeness (QED) is 0.0409. The van der Waals surface area contributed by atoms with Gasteiger partial charge in [-0.3, -0.25) is 18.6 Å². The molecule has 13 saturated carbocycles. The molecule has 1 aromatic carbocycles. The number of allylic oxidation sites excluding steroid dienone is 4. The predicted molar refractivity (Wildman–Crippen MR) is 350 cm³/mol. The lowest BCUT2D eigenvalue weighted by molar-refractivity contribution is -0.890. The van der Waals surface area contributed by atoms with Crippen LogP contribution in [-0.4, -0.2) is 189 Å². The van der Waals surface area contributed by atoms with Crippen molar-refractivity contribution in [2.45, 2.75) is 95.9 Å². The van der Waals surface area contributed by atoms with Gasteiger partial charge in [0, 0.05) is 67.5 Å². The van der Waals surface area contributed by atoms with Gasteiger partial charge in [0.1, 0.15) is 0 Å². The second-order valence-electron chi connectivity index (χ2n) is 36.3. The summed E-state index contributed by atoms with van der Waals surface area (Å²) in [6.07, 6.45) is 20.3. The second-order valence-corrected chi connectivity index (χ2v) is 41.0. The molecule has 27 unspecified atom stereocenters. The van der Waals surface area contributed by atoms with Crippen LogP contribution in [0.15, 0.2) is 46.6 Å². The van der Waals surface area contributed by atoms with Gasteiger partial charge in [-0.05, 0) is 224 Å². The molecule has 16 nitrogen and oxygen atoms in total. The minimum absolute atomic E-state index is 0.00385. The normalized spacial score (nSPS) is 45.5. The number of benzene rings is 1. The van der Waals surface area contributed by atoms with Gasteiger partial charge in [-0.2, -0.15) is 25.3 Å². The van der Waals surface area contributed by atoms with Gasteiger partial charge in [0.2, 0.25) is 5.75 Å². The third-order valence-electron chi connectivity index (χ3n) is 31.7. The van der Waals surface area contributed by atoms with Crippen LogP contribution in [0.3, 0.4) is 0 Å². The number of rotatable bonds is 28. The van der Waals surface area contributed by atoms with Gasteiger partial charge in [-0.25, -0.2) is 0 Å². The van der Waals surface area contributed by atoms with E-state index in [0.717, 1.165) is 150 Å². The topological polar surface area (TPSA) is 194 Å². The summed E-state index contributed by atoms with van der Waals surface area (Å²) in [5.41, 5.74) is 8.52. The highest BCUT2D eigenvalue weighted by molar-refractivity contribution is 7.86. The van der Waals surface area contributed by atoms with E-state index in [-0.39, 0.29) is 34.1 Å². The van der Waals surface area contributed by atoms with Gasteiger partial charge < -0.3 is 27.7 Å². The van der Waals surface area contributed by atoms with Crippen LogP contribution in [0.5, 0.6) is 17.2 Å². The van der Waals surface area contributed by atoms with Crippen LogP contribution in [0.25, 0.3) is 0 Å². The van der Waals surface area contributed by atoms with Crippen molar-refractivity contribution in [3.8, 4) is 17.2 Å². The van der Waals surface area contributed by atoms with Crippen LogP contribution in [-0.2, 0) is 30.4 Å². The van der Waals surface area contributed by atoms with E-state index in [9.17, 15) is 38.9 Å². The first-order valence-electron chi connectivity index (χ1n) is 36.9. The molecule has 1 heterocycles. The Kier molecular flexibility index (Phi) is 13.8. The summed E-state index contributed by atoms with van der Waals surface area (Å²) >= 11 is 0. The number of hydrogen-bond donors (Lipinski definition) is 3. The SMILES string of the molecule is CN1CC23C4=C5CCC6C7CCC8C9CCC%10C%11CCC%12=C(C=C4)C2(C2C%12C%11C4C%10C9C9C8C7C7C6C5C3C3C7C9C4C32)C1c1ccc(OCCC[N+](C)(C)CCCS(=O)(=O)O)c(OCCC[N+](C)(C)CCCS(=O)(=O)O)c1OCCC[N+](C)(C)CCCS(=O)(=O)O. The van der Waals surface area contributed by atoms with Crippen LogP contribution in [0.1, 0.15) is 101 Å². The van der Waals surface area contributed by atoms with Gasteiger partial charge in [-0.1, -0.05) is 23.3 Å². The number of quaternary nitrogens is 3. The van der Waals surface area contributed by atoms with Gasteiger partial charge in [-0.15, -0.1) is 0 Å². The number of likely N-dealkylation sites (tertiary alicyclic amines) is 1. The second kappa shape index (κ2) is 20.5. The van der Waals surface area contributed by atoms with Crippen molar-refractivity contribution in [3.05, 3.63) is 52.1 Å². The highest BCUT2D eigenvalue weighted by atomic mass is 32.2. The Morgan fingerprint density at radius 2 is 0.837 bits per heavy atom. The fraction of sp³-hybridized carbons (Fsp3) is 0.836. The van der Waals surface area contributed by atoms with Crippen molar-refractivity contribution in [2.24, 2.45) is 153 Å². The molecule has 27 atom stereocenters. The summed E-state index contributed by atoms with van der Waals surface area (Å²) in [6, 6.07) is 4.68. The zero-order chi connectivity index (χ0) is 63.7. The maximum absolute atomic E-state index is 11.9. The van der Waals surface area contributed by atoms with Crippen LogP contribution >= 0.6 is 0 Å². The third kappa shape index (κ3) is 8.36. The first-order valence-corrected chi connectivity index (χ1v) is 41.7. The number of ether oxygens (including phenoxy) is 3. The van der Waals surface area contributed by atoms with Crippen LogP contribution in [0.2, 0.25) is 0 Å². The predicted octanol–water partition coefficient (Wildman–Crippen LogP) is 9.29. The van der Waals surface area contributed by atoms with Crippen molar-refractivity contribution in [1.29, 1.82) is 0 Å². The summed E-state index contributed by atoms with van der Waals surface area (Å²) < 4.78 is 123. The Morgan fingerprint density at radius 1 is 0.457 bits per heavy atom. The van der Waals surface area contributed by atoms with E-state index in [1.807, 2.05) is 16.7 Å². The fourth-order valence-electron chi connectivity index (χ4n) is 31.0. The first-order chi connectivity index (χ1) is 43.7. The Morgan fingerprint density at radius 3 is 1.33 bits per heavy atom. The van der Waals surface area contributed by atoms with Gasteiger partial charge >= 0.3 is 0 Å². The van der Waals surface area contributed by atoms with Crippen molar-refractivity contribution < 1.29 is 66.6 Å². The van der Waals surface area contributed by atoms with E-state index in [1.165, 1.54) is 50.5 Å². The largest absolute Gasteiger partial charge is 0.489 e. The highest BCUT2D eigenvalue weighted by Crippen LogP contribution is 2.96. The summed E-state index contributed by atoms with van der Waals surface area (Å²) in [4.78, 5) is 2.91. The molecule has 92 heavy (non-hydrogen) atoms. The van der Waals surface area contributed by atoms with Gasteiger partial charge in [0.15, 0.2) is 11.5 Å². The third-order valence-corrected chi connectivity index (χ3v) is 34.1. The average Bonchev–Trinajstić information content (AvgIpc) is 1.42. The fourth-order valence-corrected chi connectivity index (χ4v) is 32.4. The molecule has 2 spiro atoms. The number of nitrogens with zero attached hydrogens (tertiary/aromatic N) is 4. The lowest BCUT2D eigenvalue weighted by Gasteiger charge is -2.69. The van der Waals surface area contributed by atoms with Crippen molar-refractivity contribution in [1.82, 2.24) is 4.90 Å². The van der Waals surface area contributed by atoms with E-state index in [0.29, 0.717) is 127 Å². The maximum atomic E-state index is 11.9. The molecule has 3 N–H and O–H groups in total. The van der Waals surface area contributed by atoms with E-state index in [2.05, 4.69) is 78.5 Å². The summed E-state index contributed by atoms with van der Waals surface area (Å²) in [6.45, 7) is 6.23. The maximum Gasteiger partial charge on any atom is 0.265 e. The molecule has 18 rings (SSSR count). The molecule has 16 aliphatic carbocycles. The zero-order valence-corrected chi connectivity index (χ0v) is 58.3. The molecule has 19 heteroatoms. The smallest absolute Gasteiger partial charge is 0.265 e. The Bertz CT molecular complexity index is 3710. The van der Waals surface area contributed by atoms with Crippen LogP contribution in [0, 0.1) is 153 Å². The molecule has 17 aliphatic rings. The molecular weight excluding hydrogens is 1220 g/mol. The monoisotopic (exact) mass is 1330 g/mol. The van der Waals surface area contributed by atoms with E-state index in [4.69, 9.17) is 14.2 Å². The summed E-state index contributed by atoms with van der Waals surface area (Å²) in [5, 5.41) is 0. The minimum Gasteiger partial charge on any atom is -0.489 e. The lowest BCUT2D eigenvalue weighted by Crippen LogP contribution is -2.67. The molecule has 0 bridgehead atoms. The molecule has 1 aromatic rings. The Labute approximate surface area is 549 Å². The van der Waals surface area contributed by atoms with E-state index >= 15 is 0 Å². The Balaban J connectivity index is 0.777. The van der Waals surface area contributed by atoms with Crippen LogP contribution < -0.4 is 14.2 Å². The summed E-state index contributed by atoms with van der Waals surface area (Å²) in [7, 11) is 2.97. The van der Waals surface area contributed by atoms with E-state index < -0.39 is 30.4 Å². The molecule has 0 amide bonds. The first kappa shape index (κ1) is 61.7. The minimum atomic E-state index is -4.08. The molecule has 0 aromatic heterocycles. The van der Waals surface area contributed by atoms with Crippen molar-refractivity contribution in [3.63, 3.8) is 0 Å². The van der Waals surface area contributed by atoms with Gasteiger partial charge in [0.25, 0.3) is 30.4 Å². The Hall–Kier alpha value is -2.59. The van der Waals surface area contributed by atoms with Crippen molar-refractivity contribution in [2.75, 3.05) is 132 Å². The standard InChI is InChI=1S/C73H104N4O12S3/c1-74-38-72-48-23-24-49-46-21-19-44-42-17-15-40-39-14-16-41-43-18-20-45(48)57-55(43)60-53(41)51(39)59-52(40)54(42)61-56(44)58(46)68(66-64(61)62(59)63(60)65(66)67(57)72)73(49,72)71(74)47-22-25-50(87-32-8-26-75(2,3)29-11-35-90(78,79)80)70(89-34-10-28-77(6,7)31-13-37-92(84,85)86)69(47)88-33-9-27-76(4,5)30-12-36-91(81,82)83/h22-25,39-44,51-68,71H,8-21,26-38H2,1-7H3/p+3. The number of fused-ring (bicyclic) bond motifs is 3. The molecule has 14 fully saturated rings. The molecule has 506 valence electrons. The molecule has 1 saturated heterocycles. The van der Waals surface area contributed by atoms with Crippen molar-refractivity contribution >= 4 is 30.4 Å². The lowest BCUT2D eigenvalue weighted by atomic mass is 9.33. The highest BCUT2D eigenvalue weighted by Gasteiger charge is 2.93. The molecule has 1 aliphatic heterocycles. The van der Waals surface area contributed by atoms with Crippen LogP contribution in [0.4, 0.5) is 0 Å². The zero-order valence-electron chi connectivity index (χ0n) is 55.9. The van der Waals surface area contributed by atoms with Gasteiger partial charge in [0.05, 0.1) is 119 Å². The van der Waals surface area contributed by atoms with E-state index in [1.54, 1.807) is 12.0 Å². The summed E-state index contributed by atoms with van der Waals surface area (Å²) in [5.74, 6) is 22.3. The average molecular weight is 1330 g/mol.